The normalized spacial score (nSPS) is 20.0. The van der Waals surface area contributed by atoms with Gasteiger partial charge < -0.3 is 10.2 Å². The van der Waals surface area contributed by atoms with Gasteiger partial charge in [0.15, 0.2) is 5.65 Å². The van der Waals surface area contributed by atoms with E-state index in [1.54, 1.807) is 6.20 Å². The van der Waals surface area contributed by atoms with Crippen molar-refractivity contribution in [1.82, 2.24) is 20.2 Å². The molecule has 2 saturated heterocycles. The fourth-order valence-electron chi connectivity index (χ4n) is 4.22. The minimum absolute atomic E-state index is 0.0541. The Hall–Kier alpha value is -2.50. The quantitative estimate of drug-likeness (QED) is 0.855. The molecule has 2 aliphatic rings. The Morgan fingerprint density at radius 2 is 2.04 bits per heavy atom. The maximum absolute atomic E-state index is 13.1. The predicted molar refractivity (Wildman–Crippen MR) is 98.7 cm³/mol. The van der Waals surface area contributed by atoms with Gasteiger partial charge in [-0.2, -0.15) is 0 Å². The van der Waals surface area contributed by atoms with E-state index < -0.39 is 0 Å². The summed E-state index contributed by atoms with van der Waals surface area (Å²) in [6.45, 7) is 4.12. The molecule has 26 heavy (non-hydrogen) atoms. The Labute approximate surface area is 153 Å². The molecule has 6 heteroatoms. The van der Waals surface area contributed by atoms with Crippen LogP contribution in [-0.2, 0) is 4.79 Å². The molecule has 0 aromatic carbocycles. The van der Waals surface area contributed by atoms with Gasteiger partial charge in [-0.3, -0.25) is 9.59 Å². The van der Waals surface area contributed by atoms with Gasteiger partial charge in [0.05, 0.1) is 11.3 Å². The molecular formula is C20H24N4O2. The zero-order valence-electron chi connectivity index (χ0n) is 15.1. The number of likely N-dealkylation sites (tertiary alicyclic amines) is 1. The monoisotopic (exact) mass is 352 g/mol. The molecule has 0 radical (unpaired) electrons. The second kappa shape index (κ2) is 6.67. The number of carbonyl (C=O) groups excluding carboxylic acids is 2. The molecule has 2 aromatic rings. The van der Waals surface area contributed by atoms with Crippen LogP contribution in [0.5, 0.6) is 0 Å². The first kappa shape index (κ1) is 16.9. The molecule has 136 valence electrons. The lowest BCUT2D eigenvalue weighted by atomic mass is 9.73. The van der Waals surface area contributed by atoms with Gasteiger partial charge in [-0.1, -0.05) is 0 Å². The molecule has 4 heterocycles. The van der Waals surface area contributed by atoms with E-state index in [-0.39, 0.29) is 17.2 Å². The van der Waals surface area contributed by atoms with Crippen LogP contribution >= 0.6 is 0 Å². The van der Waals surface area contributed by atoms with Gasteiger partial charge in [0.25, 0.3) is 5.91 Å². The van der Waals surface area contributed by atoms with Gasteiger partial charge >= 0.3 is 0 Å². The summed E-state index contributed by atoms with van der Waals surface area (Å²) in [5.74, 6) is 0.213. The van der Waals surface area contributed by atoms with Crippen molar-refractivity contribution in [3.63, 3.8) is 0 Å². The van der Waals surface area contributed by atoms with Gasteiger partial charge in [0.2, 0.25) is 5.91 Å². The van der Waals surface area contributed by atoms with Crippen LogP contribution in [0.3, 0.4) is 0 Å². The second-order valence-electron chi connectivity index (χ2n) is 7.56. The fraction of sp³-hybridized carbons (Fsp3) is 0.500. The third-order valence-electron chi connectivity index (χ3n) is 5.98. The number of hydrogen-bond acceptors (Lipinski definition) is 4. The first-order valence-corrected chi connectivity index (χ1v) is 9.35. The number of nitrogens with zero attached hydrogens (tertiary/aromatic N) is 3. The topological polar surface area (TPSA) is 75.2 Å². The maximum Gasteiger partial charge on any atom is 0.255 e. The van der Waals surface area contributed by atoms with Crippen molar-refractivity contribution in [2.24, 2.45) is 5.41 Å². The van der Waals surface area contributed by atoms with Gasteiger partial charge in [0.1, 0.15) is 0 Å². The van der Waals surface area contributed by atoms with Crippen molar-refractivity contribution < 1.29 is 9.59 Å². The molecule has 0 bridgehead atoms. The van der Waals surface area contributed by atoms with Gasteiger partial charge in [-0.15, -0.1) is 0 Å². The average molecular weight is 352 g/mol. The van der Waals surface area contributed by atoms with E-state index in [2.05, 4.69) is 15.3 Å². The van der Waals surface area contributed by atoms with Crippen LogP contribution in [0, 0.1) is 12.3 Å². The van der Waals surface area contributed by atoms with Crippen LogP contribution in [0.2, 0.25) is 0 Å². The molecule has 2 aromatic heterocycles. The Kier molecular flexibility index (Phi) is 4.34. The highest BCUT2D eigenvalue weighted by Crippen LogP contribution is 2.40. The summed E-state index contributed by atoms with van der Waals surface area (Å²) in [6, 6.07) is 5.71. The Balaban J connectivity index is 1.50. The number of aromatic nitrogens is 2. The number of carbonyl (C=O) groups is 2. The van der Waals surface area contributed by atoms with Crippen molar-refractivity contribution in [1.29, 1.82) is 0 Å². The molecule has 4 rings (SSSR count). The summed E-state index contributed by atoms with van der Waals surface area (Å²) in [5.41, 5.74) is 2.27. The highest BCUT2D eigenvalue weighted by atomic mass is 16.2. The molecule has 0 unspecified atom stereocenters. The summed E-state index contributed by atoms with van der Waals surface area (Å²) in [5, 5.41) is 3.86. The van der Waals surface area contributed by atoms with Crippen molar-refractivity contribution in [3.8, 4) is 0 Å². The number of hydrogen-bond donors (Lipinski definition) is 1. The SMILES string of the molecule is Cc1nc2ncccc2cc1C(=O)N1CCC2(CCNC(=O)CC2)CC1. The first-order valence-electron chi connectivity index (χ1n) is 9.35. The molecule has 2 fully saturated rings. The number of aryl methyl sites for hydroxylation is 1. The number of rotatable bonds is 1. The zero-order valence-corrected chi connectivity index (χ0v) is 15.1. The van der Waals surface area contributed by atoms with E-state index in [1.165, 1.54) is 0 Å². The third-order valence-corrected chi connectivity index (χ3v) is 5.98. The summed E-state index contributed by atoms with van der Waals surface area (Å²) >= 11 is 0. The van der Waals surface area contributed by atoms with Crippen LogP contribution in [0.4, 0.5) is 0 Å². The molecular weight excluding hydrogens is 328 g/mol. The largest absolute Gasteiger partial charge is 0.356 e. The lowest BCUT2D eigenvalue weighted by Crippen LogP contribution is -2.43. The molecule has 1 spiro atoms. The van der Waals surface area contributed by atoms with E-state index >= 15 is 0 Å². The highest BCUT2D eigenvalue weighted by Gasteiger charge is 2.37. The van der Waals surface area contributed by atoms with Crippen LogP contribution in [-0.4, -0.2) is 46.3 Å². The second-order valence-corrected chi connectivity index (χ2v) is 7.56. The van der Waals surface area contributed by atoms with Gasteiger partial charge in [-0.05, 0) is 56.2 Å². The molecule has 1 N–H and O–H groups in total. The Bertz CT molecular complexity index is 856. The lowest BCUT2D eigenvalue weighted by molar-refractivity contribution is -0.121. The maximum atomic E-state index is 13.1. The van der Waals surface area contributed by atoms with Crippen molar-refractivity contribution in [3.05, 3.63) is 35.7 Å². The molecule has 0 aliphatic carbocycles. The van der Waals surface area contributed by atoms with Gasteiger partial charge in [-0.25, -0.2) is 9.97 Å². The number of fused-ring (bicyclic) bond motifs is 1. The number of nitrogens with one attached hydrogen (secondary N) is 1. The predicted octanol–water partition coefficient (Wildman–Crippen LogP) is 2.46. The molecule has 0 saturated carbocycles. The molecule has 2 aliphatic heterocycles. The van der Waals surface area contributed by atoms with Crippen LogP contribution in [0.25, 0.3) is 11.0 Å². The Morgan fingerprint density at radius 3 is 2.85 bits per heavy atom. The standard InChI is InChI=1S/C20H24N4O2/c1-14-16(13-15-3-2-9-22-18(15)23-14)19(26)24-11-7-20(8-12-24)5-4-17(25)21-10-6-20/h2-3,9,13H,4-8,10-12H2,1H3,(H,21,25). The molecule has 6 nitrogen and oxygen atoms in total. The van der Waals surface area contributed by atoms with Crippen LogP contribution < -0.4 is 5.32 Å². The molecule has 2 amide bonds. The third kappa shape index (κ3) is 3.16. The number of pyridine rings is 2. The van der Waals surface area contributed by atoms with Crippen molar-refractivity contribution >= 4 is 22.8 Å². The fourth-order valence-corrected chi connectivity index (χ4v) is 4.22. The first-order chi connectivity index (χ1) is 12.6. The van der Waals surface area contributed by atoms with E-state index in [4.69, 9.17) is 0 Å². The summed E-state index contributed by atoms with van der Waals surface area (Å²) in [7, 11) is 0. The van der Waals surface area contributed by atoms with E-state index in [1.807, 2.05) is 30.0 Å². The number of amides is 2. The lowest BCUT2D eigenvalue weighted by Gasteiger charge is -2.41. The Morgan fingerprint density at radius 1 is 1.23 bits per heavy atom. The summed E-state index contributed by atoms with van der Waals surface area (Å²) in [4.78, 5) is 35.4. The van der Waals surface area contributed by atoms with E-state index in [0.717, 1.165) is 56.4 Å². The van der Waals surface area contributed by atoms with Crippen molar-refractivity contribution in [2.75, 3.05) is 19.6 Å². The van der Waals surface area contributed by atoms with E-state index in [0.29, 0.717) is 17.6 Å². The summed E-state index contributed by atoms with van der Waals surface area (Å²) < 4.78 is 0. The van der Waals surface area contributed by atoms with Crippen LogP contribution in [0.15, 0.2) is 24.4 Å². The minimum Gasteiger partial charge on any atom is -0.356 e. The number of piperidine rings is 1. The van der Waals surface area contributed by atoms with Gasteiger partial charge in [0, 0.05) is 37.6 Å². The smallest absolute Gasteiger partial charge is 0.255 e. The highest BCUT2D eigenvalue weighted by molar-refractivity contribution is 5.98. The molecule has 0 atom stereocenters. The van der Waals surface area contributed by atoms with Crippen LogP contribution in [0.1, 0.15) is 48.2 Å². The summed E-state index contributed by atoms with van der Waals surface area (Å²) in [6.07, 6.45) is 6.21. The van der Waals surface area contributed by atoms with Crippen molar-refractivity contribution in [2.45, 2.75) is 39.0 Å². The van der Waals surface area contributed by atoms with E-state index in [9.17, 15) is 9.59 Å². The minimum atomic E-state index is 0.0541. The average Bonchev–Trinajstić information content (AvgIpc) is 2.83. The zero-order chi connectivity index (χ0) is 18.1.